The van der Waals surface area contributed by atoms with Gasteiger partial charge in [-0.05, 0) is 130 Å². The van der Waals surface area contributed by atoms with Gasteiger partial charge in [-0.15, -0.1) is 0 Å². The van der Waals surface area contributed by atoms with Crippen LogP contribution >= 0.6 is 0 Å². The number of aliphatic carboxylic acids is 2. The molecule has 0 unspecified atom stereocenters. The van der Waals surface area contributed by atoms with Crippen molar-refractivity contribution in [1.82, 2.24) is 19.6 Å². The number of carboxylic acid groups (broad SMARTS) is 2. The molecule has 4 saturated heterocycles. The van der Waals surface area contributed by atoms with Crippen molar-refractivity contribution in [3.05, 3.63) is 168 Å². The number of esters is 2. The zero-order chi connectivity index (χ0) is 86.9. The minimum atomic E-state index is -3.41. The van der Waals surface area contributed by atoms with E-state index in [0.717, 1.165) is 102 Å². The van der Waals surface area contributed by atoms with Gasteiger partial charge in [0.05, 0.1) is 24.3 Å². The van der Waals surface area contributed by atoms with Crippen molar-refractivity contribution in [2.45, 2.75) is 347 Å². The predicted octanol–water partition coefficient (Wildman–Crippen LogP) is 19.6. The number of nitrogens with zero attached hydrogens (tertiary/aromatic N) is 4. The van der Waals surface area contributed by atoms with Gasteiger partial charge in [-0.3, -0.25) is 38.4 Å². The number of carboxylic acids is 2. The van der Waals surface area contributed by atoms with Crippen LogP contribution in [0.3, 0.4) is 0 Å². The van der Waals surface area contributed by atoms with Gasteiger partial charge in [0.2, 0.25) is 23.6 Å². The summed E-state index contributed by atoms with van der Waals surface area (Å²) in [6.07, 6.45) is 15.6. The van der Waals surface area contributed by atoms with Crippen molar-refractivity contribution in [3.63, 3.8) is 0 Å². The van der Waals surface area contributed by atoms with E-state index in [1.165, 1.54) is 109 Å². The van der Waals surface area contributed by atoms with Crippen LogP contribution in [-0.2, 0) is 71.5 Å². The van der Waals surface area contributed by atoms with Crippen molar-refractivity contribution in [2.75, 3.05) is 26.2 Å². The first-order valence-electron chi connectivity index (χ1n) is 41.9. The van der Waals surface area contributed by atoms with Crippen LogP contribution < -0.4 is 0 Å². The highest BCUT2D eigenvalue weighted by molar-refractivity contribution is 5.80. The Bertz CT molecular complexity index is 3700. The summed E-state index contributed by atoms with van der Waals surface area (Å²) in [5.74, 6) is -15.4. The van der Waals surface area contributed by atoms with E-state index >= 15 is 0 Å². The summed E-state index contributed by atoms with van der Waals surface area (Å²) in [6.45, 7) is 9.47. The van der Waals surface area contributed by atoms with Gasteiger partial charge in [0, 0.05) is 112 Å². The molecular weight excluding hydrogens is 1590 g/mol. The van der Waals surface area contributed by atoms with E-state index < -0.39 is 60.0 Å². The highest BCUT2D eigenvalue weighted by Gasteiger charge is 2.45. The first kappa shape index (κ1) is 111. The van der Waals surface area contributed by atoms with Crippen molar-refractivity contribution < 1.29 is 114 Å². The number of alkyl halides is 8. The van der Waals surface area contributed by atoms with Gasteiger partial charge in [0.1, 0.15) is 24.4 Å². The molecule has 4 heterocycles. The van der Waals surface area contributed by atoms with E-state index in [2.05, 4.69) is 0 Å². The fraction of sp³-hybridized carbons (Fsp3) is 0.617. The number of carbonyl (C=O) groups excluding carboxylic acids is 6. The van der Waals surface area contributed by atoms with Crippen molar-refractivity contribution in [3.8, 4) is 0 Å². The number of benzene rings is 4. The molecular formula is C94H140F8N4O16. The number of ether oxygens (including phenoxy) is 2. The molecule has 122 heavy (non-hydrogen) atoms. The molecule has 0 aromatic heterocycles. The van der Waals surface area contributed by atoms with Crippen LogP contribution in [0, 0.1) is 0 Å². The minimum absolute atomic E-state index is 0. The average molecular weight is 1730 g/mol. The lowest BCUT2D eigenvalue weighted by molar-refractivity contribution is -0.148. The molecule has 8 rings (SSSR count). The fourth-order valence-corrected chi connectivity index (χ4v) is 14.7. The molecule has 688 valence electrons. The second-order valence-corrected chi connectivity index (χ2v) is 31.3. The molecule has 4 amide bonds. The van der Waals surface area contributed by atoms with Crippen LogP contribution in [0.25, 0.3) is 0 Å². The summed E-state index contributed by atoms with van der Waals surface area (Å²) < 4.78 is 126. The predicted molar refractivity (Wildman–Crippen MR) is 458 cm³/mol. The second-order valence-electron chi connectivity index (χ2n) is 31.3. The summed E-state index contributed by atoms with van der Waals surface area (Å²) >= 11 is 0. The molecule has 8 atom stereocenters. The Morgan fingerprint density at radius 2 is 0.615 bits per heavy atom. The maximum atomic E-state index is 14.5. The van der Waals surface area contributed by atoms with E-state index in [1.807, 2.05) is 27.7 Å². The Hall–Kier alpha value is -8.60. The summed E-state index contributed by atoms with van der Waals surface area (Å²) in [5.41, 5.74) is -0.904. The van der Waals surface area contributed by atoms with Crippen molar-refractivity contribution in [2.24, 2.45) is 0 Å². The van der Waals surface area contributed by atoms with Crippen LogP contribution in [0.15, 0.2) is 146 Å². The van der Waals surface area contributed by atoms with E-state index in [1.54, 1.807) is 43.9 Å². The first-order chi connectivity index (χ1) is 56.1. The number of amides is 4. The van der Waals surface area contributed by atoms with Crippen LogP contribution in [0.5, 0.6) is 0 Å². The zero-order valence-corrected chi connectivity index (χ0v) is 68.7. The molecule has 0 aliphatic carbocycles. The normalized spacial score (nSPS) is 17.7. The quantitative estimate of drug-likeness (QED) is 0.0104. The summed E-state index contributed by atoms with van der Waals surface area (Å²) in [6, 6.07) is 28.2. The number of hydrogen-bond acceptors (Lipinski definition) is 14. The topological polar surface area (TPSA) is 289 Å². The smallest absolute Gasteiger partial charge is 0.306 e. The van der Waals surface area contributed by atoms with Gasteiger partial charge < -0.3 is 59.7 Å². The number of unbranched alkanes of at least 4 members (excludes halogenated alkanes) is 12. The van der Waals surface area contributed by atoms with E-state index in [0.29, 0.717) is 116 Å². The van der Waals surface area contributed by atoms with E-state index in [4.69, 9.17) is 19.7 Å². The Morgan fingerprint density at radius 1 is 0.369 bits per heavy atom. The third kappa shape index (κ3) is 38.7. The van der Waals surface area contributed by atoms with Gasteiger partial charge in [-0.1, -0.05) is 227 Å². The Morgan fingerprint density at radius 3 is 0.893 bits per heavy atom. The monoisotopic (exact) mass is 1730 g/mol. The highest BCUT2D eigenvalue weighted by Crippen LogP contribution is 2.39. The number of hydrogen-bond donors (Lipinski definition) is 6. The SMILES string of the molecule is C.C.C.C.CC(C)OC(=O)CCCCCCN1C(=O)CC[C@@H]1/C=C/[C@@H](O)C(F)(F)c1ccccc1.CC(C)OC(=O)CCCCCCN1C(=O)CC[C@@H]1CC[C@@H](O)C(F)(F)c1ccccc1.O=C(O)CCCCCCN1C(=O)CC[C@@H]1/C=C/[C@@H](O)C(F)(F)c1ccccc1.O=C(O)CCCCCCN1C(=O)CC[C@@H]1CC[C@@H](O)C(F)(F)c1ccccc1. The molecule has 4 aromatic rings. The van der Waals surface area contributed by atoms with Gasteiger partial charge >= 0.3 is 35.7 Å². The van der Waals surface area contributed by atoms with Crippen LogP contribution in [-0.4, -0.2) is 185 Å². The van der Waals surface area contributed by atoms with Gasteiger partial charge in [-0.25, -0.2) is 0 Å². The third-order valence-electron chi connectivity index (χ3n) is 21.3. The number of aliphatic hydroxyl groups is 4. The van der Waals surface area contributed by atoms with Crippen LogP contribution in [0.1, 0.15) is 285 Å². The average Bonchev–Trinajstić information content (AvgIpc) is 1.37. The molecule has 4 aromatic carbocycles. The molecule has 28 heteroatoms. The molecule has 4 fully saturated rings. The molecule has 4 aliphatic rings. The number of halogens is 8. The second kappa shape index (κ2) is 57.8. The number of aliphatic hydroxyl groups excluding tert-OH is 4. The highest BCUT2D eigenvalue weighted by atomic mass is 19.3. The van der Waals surface area contributed by atoms with E-state index in [9.17, 15) is 93.9 Å². The number of likely N-dealkylation sites (tertiary alicyclic amines) is 4. The summed E-state index contributed by atoms with van der Waals surface area (Å²) in [7, 11) is 0. The minimum Gasteiger partial charge on any atom is -0.481 e. The van der Waals surface area contributed by atoms with Gasteiger partial charge in [-0.2, -0.15) is 35.1 Å². The maximum absolute atomic E-state index is 14.5. The Balaban J connectivity index is 0.000000805. The third-order valence-corrected chi connectivity index (χ3v) is 21.3. The standard InChI is InChI=1S/C24H35F2NO4.C24H33F2NO4.C21H29F2NO4.C21H27F2NO4.4CH4/c2*1-18(2)31-23(30)12-8-3-4-9-17-27-20(14-16-22(27)29)13-15-21(28)24(25,26)19-10-6-5-7-11-19;2*22-21(23,16-8-4-3-5-9-16)18(25)13-11-17-12-14-19(26)24(17)15-7-2-1-6-10-20(27)28;;;;/h5-7,10-11,18,20-21,28H,3-4,8-9,12-17H2,1-2H3;5-7,10-11,13,15,18,20-21,28H,3-4,8-9,12,14,16-17H2,1-2H3;3-5,8-9,17-18,25H,1-2,6-7,10-15H2,(H,27,28);3-5,8-9,11,13,17-18,25H,1-2,6-7,10,12,14-15H2,(H,27,28);4*1H4/b;15-13+;;13-11+;;;;/t2*20-,21+;2*17-,18+;;;;/m0000..../s1. The van der Waals surface area contributed by atoms with Crippen LogP contribution in [0.4, 0.5) is 35.1 Å². The van der Waals surface area contributed by atoms with E-state index in [-0.39, 0.29) is 150 Å². The molecule has 4 aliphatic heterocycles. The number of rotatable bonds is 48. The lowest BCUT2D eigenvalue weighted by Crippen LogP contribution is -2.36. The van der Waals surface area contributed by atoms with Crippen LogP contribution in [0.2, 0.25) is 0 Å². The number of carbonyl (C=O) groups is 8. The lowest BCUT2D eigenvalue weighted by atomic mass is 9.97. The molecule has 0 radical (unpaired) electrons. The molecule has 20 nitrogen and oxygen atoms in total. The first-order valence-corrected chi connectivity index (χ1v) is 41.9. The van der Waals surface area contributed by atoms with Crippen molar-refractivity contribution in [1.29, 1.82) is 0 Å². The molecule has 0 spiro atoms. The molecule has 0 saturated carbocycles. The lowest BCUT2D eigenvalue weighted by Gasteiger charge is -2.28. The zero-order valence-electron chi connectivity index (χ0n) is 68.7. The van der Waals surface area contributed by atoms with Gasteiger partial charge in [0.25, 0.3) is 11.8 Å². The summed E-state index contributed by atoms with van der Waals surface area (Å²) in [4.78, 5) is 99.4. The molecule has 0 bridgehead atoms. The maximum Gasteiger partial charge on any atom is 0.306 e. The summed E-state index contributed by atoms with van der Waals surface area (Å²) in [5, 5.41) is 57.4. The Labute approximate surface area is 718 Å². The Kier molecular flexibility index (Phi) is 52.7. The molecule has 6 N–H and O–H groups in total. The van der Waals surface area contributed by atoms with Gasteiger partial charge in [0.15, 0.2) is 0 Å². The fourth-order valence-electron chi connectivity index (χ4n) is 14.7. The largest absolute Gasteiger partial charge is 0.481 e. The van der Waals surface area contributed by atoms with Crippen molar-refractivity contribution >= 4 is 47.5 Å².